The lowest BCUT2D eigenvalue weighted by Gasteiger charge is -2.32. The van der Waals surface area contributed by atoms with Crippen molar-refractivity contribution in [2.45, 2.75) is 19.0 Å². The summed E-state index contributed by atoms with van der Waals surface area (Å²) in [5.74, 6) is -1.52. The molecule has 3 rings (SSSR count). The monoisotopic (exact) mass is 281 g/mol. The van der Waals surface area contributed by atoms with E-state index in [9.17, 15) is 8.78 Å². The minimum Gasteiger partial charge on any atom is -0.314 e. The Hall–Kier alpha value is -1.04. The molecule has 2 heterocycles. The maximum atomic E-state index is 13.2. The van der Waals surface area contributed by atoms with Gasteiger partial charge in [-0.05, 0) is 24.1 Å². The predicted molar refractivity (Wildman–Crippen MR) is 74.5 cm³/mol. The van der Waals surface area contributed by atoms with E-state index in [4.69, 9.17) is 0 Å². The normalized spacial score (nSPS) is 25.2. The summed E-state index contributed by atoms with van der Waals surface area (Å²) in [6, 6.07) is 4.82. The highest BCUT2D eigenvalue weighted by Crippen LogP contribution is 2.19. The maximum absolute atomic E-state index is 13.2. The molecule has 1 atom stereocenters. The molecule has 20 heavy (non-hydrogen) atoms. The molecule has 0 amide bonds. The largest absolute Gasteiger partial charge is 0.314 e. The van der Waals surface area contributed by atoms with E-state index < -0.39 is 11.6 Å². The fraction of sp³-hybridized carbons (Fsp3) is 0.600. The molecule has 2 aliphatic rings. The Balaban J connectivity index is 1.55. The summed E-state index contributed by atoms with van der Waals surface area (Å²) in [7, 11) is 0. The van der Waals surface area contributed by atoms with Crippen molar-refractivity contribution in [2.75, 3.05) is 39.3 Å². The van der Waals surface area contributed by atoms with Crippen molar-refractivity contribution in [3.05, 3.63) is 35.4 Å². The van der Waals surface area contributed by atoms with Gasteiger partial charge in [-0.1, -0.05) is 6.07 Å². The fourth-order valence-electron chi connectivity index (χ4n) is 3.20. The molecule has 0 aliphatic carbocycles. The summed E-state index contributed by atoms with van der Waals surface area (Å²) in [6.07, 6.45) is 1.17. The summed E-state index contributed by atoms with van der Waals surface area (Å²) in [5.41, 5.74) is 0.852. The van der Waals surface area contributed by atoms with Gasteiger partial charge in [-0.3, -0.25) is 9.80 Å². The third-order valence-corrected chi connectivity index (χ3v) is 4.31. The average molecular weight is 281 g/mol. The molecule has 2 saturated heterocycles. The smallest absolute Gasteiger partial charge is 0.159 e. The molecule has 1 aromatic carbocycles. The van der Waals surface area contributed by atoms with Crippen LogP contribution in [-0.2, 0) is 6.54 Å². The van der Waals surface area contributed by atoms with E-state index in [2.05, 4.69) is 15.1 Å². The molecule has 0 saturated carbocycles. The van der Waals surface area contributed by atoms with Gasteiger partial charge in [0.1, 0.15) is 0 Å². The van der Waals surface area contributed by atoms with Crippen LogP contribution < -0.4 is 5.32 Å². The number of hydrogen-bond acceptors (Lipinski definition) is 3. The summed E-state index contributed by atoms with van der Waals surface area (Å²) in [6.45, 7) is 7.14. The fourth-order valence-corrected chi connectivity index (χ4v) is 3.20. The summed E-state index contributed by atoms with van der Waals surface area (Å²) in [5, 5.41) is 3.37. The first-order chi connectivity index (χ1) is 9.72. The molecule has 0 bridgehead atoms. The van der Waals surface area contributed by atoms with Gasteiger partial charge in [0, 0.05) is 51.9 Å². The van der Waals surface area contributed by atoms with E-state index in [1.807, 2.05) is 0 Å². The van der Waals surface area contributed by atoms with Crippen LogP contribution in [0.15, 0.2) is 18.2 Å². The van der Waals surface area contributed by atoms with Crippen LogP contribution in [0.25, 0.3) is 0 Å². The first-order valence-electron chi connectivity index (χ1n) is 7.33. The van der Waals surface area contributed by atoms with Crippen LogP contribution in [0.2, 0.25) is 0 Å². The lowest BCUT2D eigenvalue weighted by Crippen LogP contribution is -2.49. The van der Waals surface area contributed by atoms with Crippen molar-refractivity contribution in [1.29, 1.82) is 0 Å². The molecule has 1 aromatic rings. The second-order valence-electron chi connectivity index (χ2n) is 5.71. The van der Waals surface area contributed by atoms with Crippen molar-refractivity contribution in [3.8, 4) is 0 Å². The summed E-state index contributed by atoms with van der Waals surface area (Å²) < 4.78 is 26.1. The van der Waals surface area contributed by atoms with Crippen LogP contribution in [-0.4, -0.2) is 55.1 Å². The first-order valence-corrected chi connectivity index (χ1v) is 7.33. The third kappa shape index (κ3) is 3.16. The number of nitrogens with one attached hydrogen (secondary N) is 1. The Kier molecular flexibility index (Phi) is 4.29. The van der Waals surface area contributed by atoms with Crippen LogP contribution in [0.3, 0.4) is 0 Å². The van der Waals surface area contributed by atoms with E-state index in [1.54, 1.807) is 6.07 Å². The van der Waals surface area contributed by atoms with Crippen LogP contribution in [0.5, 0.6) is 0 Å². The predicted octanol–water partition coefficient (Wildman–Crippen LogP) is 1.44. The summed E-state index contributed by atoms with van der Waals surface area (Å²) in [4.78, 5) is 4.88. The van der Waals surface area contributed by atoms with Gasteiger partial charge in [0.05, 0.1) is 0 Å². The zero-order valence-corrected chi connectivity index (χ0v) is 11.6. The number of rotatable bonds is 3. The van der Waals surface area contributed by atoms with Gasteiger partial charge < -0.3 is 5.32 Å². The molecule has 1 N–H and O–H groups in total. The Morgan fingerprint density at radius 1 is 1.10 bits per heavy atom. The number of likely N-dealkylation sites (tertiary alicyclic amines) is 1. The number of nitrogens with zero attached hydrogens (tertiary/aromatic N) is 2. The number of hydrogen-bond donors (Lipinski definition) is 1. The van der Waals surface area contributed by atoms with Crippen LogP contribution >= 0.6 is 0 Å². The number of piperazine rings is 1. The van der Waals surface area contributed by atoms with Crippen LogP contribution in [0.4, 0.5) is 8.78 Å². The van der Waals surface area contributed by atoms with Gasteiger partial charge in [-0.15, -0.1) is 0 Å². The van der Waals surface area contributed by atoms with Crippen molar-refractivity contribution < 1.29 is 8.78 Å². The minimum absolute atomic E-state index is 0.613. The Bertz CT molecular complexity index is 460. The Labute approximate surface area is 118 Å². The third-order valence-electron chi connectivity index (χ3n) is 4.31. The van der Waals surface area contributed by atoms with E-state index in [-0.39, 0.29) is 0 Å². The van der Waals surface area contributed by atoms with Crippen molar-refractivity contribution in [3.63, 3.8) is 0 Å². The maximum Gasteiger partial charge on any atom is 0.159 e. The molecule has 3 nitrogen and oxygen atoms in total. The molecule has 0 spiro atoms. The van der Waals surface area contributed by atoms with E-state index >= 15 is 0 Å². The molecule has 2 aliphatic heterocycles. The first kappa shape index (κ1) is 13.9. The highest BCUT2D eigenvalue weighted by atomic mass is 19.2. The van der Waals surface area contributed by atoms with Crippen LogP contribution in [0, 0.1) is 11.6 Å². The highest BCUT2D eigenvalue weighted by molar-refractivity contribution is 5.17. The Morgan fingerprint density at radius 3 is 2.65 bits per heavy atom. The summed E-state index contributed by atoms with van der Waals surface area (Å²) >= 11 is 0. The molecule has 2 fully saturated rings. The lowest BCUT2D eigenvalue weighted by atomic mass is 10.2. The van der Waals surface area contributed by atoms with Gasteiger partial charge in [0.25, 0.3) is 0 Å². The van der Waals surface area contributed by atoms with Crippen molar-refractivity contribution in [1.82, 2.24) is 15.1 Å². The zero-order chi connectivity index (χ0) is 13.9. The van der Waals surface area contributed by atoms with Gasteiger partial charge in [-0.2, -0.15) is 0 Å². The number of halogens is 2. The average Bonchev–Trinajstić information content (AvgIpc) is 2.92. The van der Waals surface area contributed by atoms with E-state index in [1.165, 1.54) is 18.6 Å². The van der Waals surface area contributed by atoms with Gasteiger partial charge in [0.2, 0.25) is 0 Å². The highest BCUT2D eigenvalue weighted by Gasteiger charge is 2.28. The lowest BCUT2D eigenvalue weighted by molar-refractivity contribution is 0.170. The molecule has 1 unspecified atom stereocenters. The molecule has 0 radical (unpaired) electrons. The Morgan fingerprint density at radius 2 is 1.90 bits per heavy atom. The molecule has 5 heteroatoms. The van der Waals surface area contributed by atoms with Crippen molar-refractivity contribution >= 4 is 0 Å². The second-order valence-corrected chi connectivity index (χ2v) is 5.71. The van der Waals surface area contributed by atoms with E-state index in [0.29, 0.717) is 12.6 Å². The SMILES string of the molecule is Fc1ccc(CN2CCC(N3CCNCC3)C2)cc1F. The second kappa shape index (κ2) is 6.16. The minimum atomic E-state index is -0.770. The topological polar surface area (TPSA) is 18.5 Å². The van der Waals surface area contributed by atoms with Gasteiger partial charge >= 0.3 is 0 Å². The van der Waals surface area contributed by atoms with Crippen molar-refractivity contribution in [2.24, 2.45) is 0 Å². The molecule has 110 valence electrons. The van der Waals surface area contributed by atoms with Crippen LogP contribution in [0.1, 0.15) is 12.0 Å². The van der Waals surface area contributed by atoms with Gasteiger partial charge in [-0.25, -0.2) is 8.78 Å². The number of benzene rings is 1. The van der Waals surface area contributed by atoms with Gasteiger partial charge in [0.15, 0.2) is 11.6 Å². The zero-order valence-electron chi connectivity index (χ0n) is 11.6. The molecule has 0 aromatic heterocycles. The molecular weight excluding hydrogens is 260 g/mol. The van der Waals surface area contributed by atoms with E-state index in [0.717, 1.165) is 44.8 Å². The standard InChI is InChI=1S/C15H21F2N3/c16-14-2-1-12(9-15(14)17)10-19-6-3-13(11-19)20-7-4-18-5-8-20/h1-2,9,13,18H,3-8,10-11H2. The quantitative estimate of drug-likeness (QED) is 0.904. The molecular formula is C15H21F2N3.